The number of aryl methyl sites for hydroxylation is 1. The zero-order valence-electron chi connectivity index (χ0n) is 17.0. The van der Waals surface area contributed by atoms with Crippen LogP contribution >= 0.6 is 23.1 Å². The molecule has 0 aliphatic carbocycles. The Hall–Kier alpha value is -3.17. The largest absolute Gasteiger partial charge is 0.337 e. The fourth-order valence-electron chi connectivity index (χ4n) is 3.26. The van der Waals surface area contributed by atoms with E-state index in [0.717, 1.165) is 16.6 Å². The van der Waals surface area contributed by atoms with Crippen LogP contribution in [0.5, 0.6) is 0 Å². The number of carbonyl (C=O) groups is 1. The molecule has 0 radical (unpaired) electrons. The normalized spacial score (nSPS) is 11.0. The van der Waals surface area contributed by atoms with E-state index in [9.17, 15) is 14.4 Å². The first-order valence-electron chi connectivity index (χ1n) is 9.66. The second-order valence-corrected chi connectivity index (χ2v) is 8.84. The van der Waals surface area contributed by atoms with Gasteiger partial charge in [-0.05, 0) is 42.5 Å². The minimum absolute atomic E-state index is 0.231. The van der Waals surface area contributed by atoms with Gasteiger partial charge < -0.3 is 5.32 Å². The van der Waals surface area contributed by atoms with Gasteiger partial charge in [0.25, 0.3) is 5.56 Å². The monoisotopic (exact) mass is 452 g/mol. The number of benzene rings is 2. The number of anilines is 1. The number of hydrogen-bond donors (Lipinski definition) is 1. The number of carbonyl (C=O) groups excluding carboxylic acids is 1. The molecule has 2 heterocycles. The van der Waals surface area contributed by atoms with E-state index in [1.807, 2.05) is 37.4 Å². The number of para-hydroxylation sites is 1. The topological polar surface area (TPSA) is 86.0 Å². The minimum Gasteiger partial charge on any atom is -0.325 e. The van der Waals surface area contributed by atoms with Gasteiger partial charge in [-0.1, -0.05) is 49.0 Å². The van der Waals surface area contributed by atoms with Gasteiger partial charge in [0.2, 0.25) is 5.91 Å². The van der Waals surface area contributed by atoms with Crippen molar-refractivity contribution in [2.75, 3.05) is 11.6 Å². The van der Waals surface area contributed by atoms with Crippen LogP contribution in [0.3, 0.4) is 0 Å². The van der Waals surface area contributed by atoms with Crippen LogP contribution in [0.25, 0.3) is 16.0 Å². The lowest BCUT2D eigenvalue weighted by Crippen LogP contribution is -2.40. The predicted molar refractivity (Wildman–Crippen MR) is 126 cm³/mol. The van der Waals surface area contributed by atoms with Gasteiger partial charge in [0.05, 0.1) is 5.69 Å². The standard InChI is InChI=1S/C22H20N4O3S2/c1-3-14-8-7-9-15(12-14)23-17(27)13-25-19-18(31-21(24-19)30-2)20(28)26(22(25)29)16-10-5-4-6-11-16/h4-12H,3,13H2,1-2H3,(H,23,27). The lowest BCUT2D eigenvalue weighted by molar-refractivity contribution is -0.116. The maximum atomic E-state index is 13.3. The summed E-state index contributed by atoms with van der Waals surface area (Å²) in [5.41, 5.74) is 1.40. The van der Waals surface area contributed by atoms with Crippen LogP contribution in [-0.2, 0) is 17.8 Å². The summed E-state index contributed by atoms with van der Waals surface area (Å²) in [7, 11) is 0. The fourth-order valence-corrected chi connectivity index (χ4v) is 4.76. The third-order valence-electron chi connectivity index (χ3n) is 4.77. The van der Waals surface area contributed by atoms with Crippen molar-refractivity contribution < 1.29 is 4.79 Å². The highest BCUT2D eigenvalue weighted by atomic mass is 32.2. The van der Waals surface area contributed by atoms with Crippen molar-refractivity contribution in [1.82, 2.24) is 14.1 Å². The first-order valence-corrected chi connectivity index (χ1v) is 11.7. The van der Waals surface area contributed by atoms with E-state index < -0.39 is 11.2 Å². The van der Waals surface area contributed by atoms with Gasteiger partial charge >= 0.3 is 5.69 Å². The molecule has 0 aliphatic rings. The van der Waals surface area contributed by atoms with E-state index in [-0.39, 0.29) is 18.1 Å². The van der Waals surface area contributed by atoms with E-state index in [4.69, 9.17) is 0 Å². The summed E-state index contributed by atoms with van der Waals surface area (Å²) in [6.07, 6.45) is 2.70. The molecule has 4 rings (SSSR count). The number of thiazole rings is 1. The number of fused-ring (bicyclic) bond motifs is 1. The fraction of sp³-hybridized carbons (Fsp3) is 0.182. The maximum Gasteiger partial charge on any atom is 0.337 e. The third kappa shape index (κ3) is 4.19. The van der Waals surface area contributed by atoms with Crippen molar-refractivity contribution in [3.05, 3.63) is 81.0 Å². The van der Waals surface area contributed by atoms with E-state index >= 15 is 0 Å². The van der Waals surface area contributed by atoms with Crippen LogP contribution in [-0.4, -0.2) is 26.3 Å². The summed E-state index contributed by atoms with van der Waals surface area (Å²) in [5.74, 6) is -0.367. The van der Waals surface area contributed by atoms with E-state index in [0.29, 0.717) is 20.4 Å². The van der Waals surface area contributed by atoms with Gasteiger partial charge in [0.15, 0.2) is 9.99 Å². The molecular weight excluding hydrogens is 432 g/mol. The second kappa shape index (κ2) is 8.91. The van der Waals surface area contributed by atoms with Crippen LogP contribution in [0.2, 0.25) is 0 Å². The SMILES string of the molecule is CCc1cccc(NC(=O)Cn2c(=O)n(-c3ccccc3)c(=O)c3sc(SC)nc32)c1. The molecule has 0 fully saturated rings. The van der Waals surface area contributed by atoms with Crippen LogP contribution in [0, 0.1) is 0 Å². The Kier molecular flexibility index (Phi) is 6.06. The van der Waals surface area contributed by atoms with Crippen molar-refractivity contribution in [2.45, 2.75) is 24.2 Å². The van der Waals surface area contributed by atoms with E-state index in [1.54, 1.807) is 30.3 Å². The van der Waals surface area contributed by atoms with Gasteiger partial charge in [0.1, 0.15) is 11.2 Å². The number of nitrogens with zero attached hydrogens (tertiary/aromatic N) is 3. The Morgan fingerprint density at radius 1 is 1.13 bits per heavy atom. The number of aromatic nitrogens is 3. The molecule has 0 aliphatic heterocycles. The molecule has 0 spiro atoms. The van der Waals surface area contributed by atoms with Gasteiger partial charge in [-0.25, -0.2) is 14.3 Å². The Bertz CT molecular complexity index is 1370. The highest BCUT2D eigenvalue weighted by Crippen LogP contribution is 2.25. The molecule has 31 heavy (non-hydrogen) atoms. The van der Waals surface area contributed by atoms with Crippen LogP contribution in [0.15, 0.2) is 68.5 Å². The highest BCUT2D eigenvalue weighted by molar-refractivity contribution is 8.00. The molecule has 158 valence electrons. The predicted octanol–water partition coefficient (Wildman–Crippen LogP) is 3.53. The minimum atomic E-state index is -0.598. The smallest absolute Gasteiger partial charge is 0.325 e. The molecule has 0 saturated heterocycles. The summed E-state index contributed by atoms with van der Waals surface area (Å²) < 4.78 is 3.35. The van der Waals surface area contributed by atoms with Crippen molar-refractivity contribution in [3.63, 3.8) is 0 Å². The molecule has 7 nitrogen and oxygen atoms in total. The highest BCUT2D eigenvalue weighted by Gasteiger charge is 2.20. The molecule has 9 heteroatoms. The van der Waals surface area contributed by atoms with Crippen molar-refractivity contribution >= 4 is 45.0 Å². The molecule has 0 saturated carbocycles. The van der Waals surface area contributed by atoms with Gasteiger partial charge in [0, 0.05) is 5.69 Å². The summed E-state index contributed by atoms with van der Waals surface area (Å²) in [5, 5.41) is 2.84. The third-order valence-corrected chi connectivity index (χ3v) is 6.79. The van der Waals surface area contributed by atoms with Crippen LogP contribution in [0.4, 0.5) is 5.69 Å². The van der Waals surface area contributed by atoms with E-state index in [2.05, 4.69) is 10.3 Å². The van der Waals surface area contributed by atoms with Crippen LogP contribution in [0.1, 0.15) is 12.5 Å². The Morgan fingerprint density at radius 2 is 1.90 bits per heavy atom. The molecule has 4 aromatic rings. The number of thioether (sulfide) groups is 1. The van der Waals surface area contributed by atoms with Gasteiger partial charge in [-0.15, -0.1) is 11.3 Å². The summed E-state index contributed by atoms with van der Waals surface area (Å²) >= 11 is 2.61. The van der Waals surface area contributed by atoms with Crippen LogP contribution < -0.4 is 16.6 Å². The molecule has 0 unspecified atom stereocenters. The molecule has 2 aromatic heterocycles. The number of amides is 1. The Morgan fingerprint density at radius 3 is 2.61 bits per heavy atom. The second-order valence-electron chi connectivity index (χ2n) is 6.78. The molecule has 0 atom stereocenters. The molecule has 0 bridgehead atoms. The lowest BCUT2D eigenvalue weighted by atomic mass is 10.1. The van der Waals surface area contributed by atoms with Gasteiger partial charge in [-0.2, -0.15) is 0 Å². The zero-order valence-corrected chi connectivity index (χ0v) is 18.6. The number of nitrogens with one attached hydrogen (secondary N) is 1. The molecular formula is C22H20N4O3S2. The summed E-state index contributed by atoms with van der Waals surface area (Å²) in [6.45, 7) is 1.78. The molecule has 2 aromatic carbocycles. The Balaban J connectivity index is 1.80. The summed E-state index contributed by atoms with van der Waals surface area (Å²) in [4.78, 5) is 43.6. The lowest BCUT2D eigenvalue weighted by Gasteiger charge is -2.12. The van der Waals surface area contributed by atoms with E-state index in [1.165, 1.54) is 27.7 Å². The summed E-state index contributed by atoms with van der Waals surface area (Å²) in [6, 6.07) is 16.2. The van der Waals surface area contributed by atoms with Crippen molar-refractivity contribution in [1.29, 1.82) is 0 Å². The number of hydrogen-bond acceptors (Lipinski definition) is 6. The first-order chi connectivity index (χ1) is 15.0. The first kappa shape index (κ1) is 21.1. The number of rotatable bonds is 6. The average Bonchev–Trinajstić information content (AvgIpc) is 3.22. The van der Waals surface area contributed by atoms with Crippen molar-refractivity contribution in [3.8, 4) is 5.69 Å². The zero-order chi connectivity index (χ0) is 22.0. The quantitative estimate of drug-likeness (QED) is 0.452. The Labute approximate surface area is 186 Å². The van der Waals surface area contributed by atoms with Gasteiger partial charge in [-0.3, -0.25) is 14.2 Å². The molecule has 1 amide bonds. The average molecular weight is 453 g/mol. The maximum absolute atomic E-state index is 13.3. The van der Waals surface area contributed by atoms with Crippen molar-refractivity contribution in [2.24, 2.45) is 0 Å². The molecule has 1 N–H and O–H groups in total.